The molecule has 1 aliphatic heterocycles. The first-order chi connectivity index (χ1) is 8.11. The highest BCUT2D eigenvalue weighted by molar-refractivity contribution is 6.00. The summed E-state index contributed by atoms with van der Waals surface area (Å²) in [4.78, 5) is 22.0. The number of methoxy groups -OCH3 is 1. The second-order valence-corrected chi connectivity index (χ2v) is 3.53. The van der Waals surface area contributed by atoms with Crippen LogP contribution in [0.5, 0.6) is 5.75 Å². The molecular weight excluding hydrogens is 226 g/mol. The molecule has 0 spiro atoms. The van der Waals surface area contributed by atoms with Crippen molar-refractivity contribution >= 4 is 17.6 Å². The van der Waals surface area contributed by atoms with Gasteiger partial charge in [-0.2, -0.15) is 0 Å². The Kier molecular flexibility index (Phi) is 2.97. The Labute approximate surface area is 97.1 Å². The smallest absolute Gasteiger partial charge is 0.336 e. The van der Waals surface area contributed by atoms with E-state index in [0.717, 1.165) is 0 Å². The molecule has 0 aromatic heterocycles. The Morgan fingerprint density at radius 2 is 1.94 bits per heavy atom. The molecule has 2 unspecified atom stereocenters. The SMILES string of the molecule is COc1ccc(NC(=O)C2OC2C(=O)O)cc1. The van der Waals surface area contributed by atoms with E-state index in [-0.39, 0.29) is 0 Å². The fourth-order valence-corrected chi connectivity index (χ4v) is 1.39. The molecule has 17 heavy (non-hydrogen) atoms. The topological polar surface area (TPSA) is 88.2 Å². The molecule has 1 aromatic rings. The molecule has 6 heteroatoms. The lowest BCUT2D eigenvalue weighted by atomic mass is 10.2. The standard InChI is InChI=1S/C11H11NO5/c1-16-7-4-2-6(3-5-7)12-10(13)8-9(17-8)11(14)15/h2-5,8-9H,1H3,(H,12,13)(H,14,15). The normalized spacial score (nSPS) is 21.7. The van der Waals surface area contributed by atoms with Crippen LogP contribution in [0.15, 0.2) is 24.3 Å². The number of rotatable bonds is 4. The van der Waals surface area contributed by atoms with Gasteiger partial charge in [0.25, 0.3) is 5.91 Å². The number of ether oxygens (including phenoxy) is 2. The van der Waals surface area contributed by atoms with Gasteiger partial charge in [-0.15, -0.1) is 0 Å². The summed E-state index contributed by atoms with van der Waals surface area (Å²) in [6.45, 7) is 0. The molecule has 90 valence electrons. The molecular formula is C11H11NO5. The number of nitrogens with one attached hydrogen (secondary N) is 1. The fraction of sp³-hybridized carbons (Fsp3) is 0.273. The summed E-state index contributed by atoms with van der Waals surface area (Å²) in [5.74, 6) is -0.906. The van der Waals surface area contributed by atoms with Gasteiger partial charge in [0.2, 0.25) is 0 Å². The van der Waals surface area contributed by atoms with E-state index in [1.165, 1.54) is 0 Å². The summed E-state index contributed by atoms with van der Waals surface area (Å²) >= 11 is 0. The molecule has 1 saturated heterocycles. The van der Waals surface area contributed by atoms with Crippen LogP contribution in [-0.4, -0.2) is 36.3 Å². The predicted octanol–water partition coefficient (Wildman–Crippen LogP) is 0.486. The third kappa shape index (κ3) is 2.54. The molecule has 6 nitrogen and oxygen atoms in total. The Bertz CT molecular complexity index is 442. The zero-order chi connectivity index (χ0) is 12.4. The second-order valence-electron chi connectivity index (χ2n) is 3.53. The minimum absolute atomic E-state index is 0.456. The molecule has 1 fully saturated rings. The highest BCUT2D eigenvalue weighted by Gasteiger charge is 2.50. The minimum Gasteiger partial charge on any atom is -0.497 e. The van der Waals surface area contributed by atoms with Crippen LogP contribution in [0.2, 0.25) is 0 Å². The van der Waals surface area contributed by atoms with Crippen LogP contribution in [0.25, 0.3) is 0 Å². The van der Waals surface area contributed by atoms with Crippen molar-refractivity contribution in [3.63, 3.8) is 0 Å². The van der Waals surface area contributed by atoms with Crippen LogP contribution in [0.3, 0.4) is 0 Å². The largest absolute Gasteiger partial charge is 0.497 e. The van der Waals surface area contributed by atoms with E-state index in [4.69, 9.17) is 14.6 Å². The molecule has 1 amide bonds. The number of epoxide rings is 1. The molecule has 2 atom stereocenters. The summed E-state index contributed by atoms with van der Waals surface area (Å²) in [6.07, 6.45) is -1.91. The average Bonchev–Trinajstić information content (AvgIpc) is 3.10. The third-order valence-electron chi connectivity index (χ3n) is 2.35. The van der Waals surface area contributed by atoms with Crippen molar-refractivity contribution in [3.8, 4) is 5.75 Å². The van der Waals surface area contributed by atoms with Gasteiger partial charge in [0.15, 0.2) is 12.2 Å². The van der Waals surface area contributed by atoms with Crippen molar-refractivity contribution in [3.05, 3.63) is 24.3 Å². The van der Waals surface area contributed by atoms with Gasteiger partial charge < -0.3 is 19.9 Å². The summed E-state index contributed by atoms with van der Waals surface area (Å²) in [7, 11) is 1.54. The van der Waals surface area contributed by atoms with Crippen molar-refractivity contribution < 1.29 is 24.2 Å². The molecule has 1 heterocycles. The fourth-order valence-electron chi connectivity index (χ4n) is 1.39. The van der Waals surface area contributed by atoms with Crippen LogP contribution >= 0.6 is 0 Å². The second kappa shape index (κ2) is 4.42. The van der Waals surface area contributed by atoms with Crippen molar-refractivity contribution in [2.24, 2.45) is 0 Å². The van der Waals surface area contributed by atoms with Gasteiger partial charge in [-0.05, 0) is 24.3 Å². The molecule has 2 rings (SSSR count). The van der Waals surface area contributed by atoms with E-state index in [2.05, 4.69) is 5.32 Å². The maximum Gasteiger partial charge on any atom is 0.336 e. The van der Waals surface area contributed by atoms with Crippen LogP contribution in [0.1, 0.15) is 0 Å². The van der Waals surface area contributed by atoms with E-state index in [1.54, 1.807) is 31.4 Å². The zero-order valence-electron chi connectivity index (χ0n) is 9.04. The highest BCUT2D eigenvalue weighted by Crippen LogP contribution is 2.24. The molecule has 0 radical (unpaired) electrons. The first-order valence-corrected chi connectivity index (χ1v) is 4.95. The highest BCUT2D eigenvalue weighted by atomic mass is 16.6. The number of carboxylic acids is 1. The van der Waals surface area contributed by atoms with Gasteiger partial charge in [-0.3, -0.25) is 4.79 Å². The maximum absolute atomic E-state index is 11.5. The molecule has 2 N–H and O–H groups in total. The molecule has 1 aromatic carbocycles. The van der Waals surface area contributed by atoms with Gasteiger partial charge >= 0.3 is 5.97 Å². The van der Waals surface area contributed by atoms with E-state index >= 15 is 0 Å². The van der Waals surface area contributed by atoms with Crippen molar-refractivity contribution in [1.82, 2.24) is 0 Å². The Balaban J connectivity index is 1.93. The third-order valence-corrected chi connectivity index (χ3v) is 2.35. The van der Waals surface area contributed by atoms with Gasteiger partial charge in [-0.25, -0.2) is 4.79 Å². The number of aliphatic carboxylic acids is 1. The van der Waals surface area contributed by atoms with Crippen LogP contribution in [0.4, 0.5) is 5.69 Å². The lowest BCUT2D eigenvalue weighted by molar-refractivity contribution is -0.138. The number of anilines is 1. The molecule has 0 aliphatic carbocycles. The number of amides is 1. The number of carboxylic acid groups (broad SMARTS) is 1. The van der Waals surface area contributed by atoms with E-state index < -0.39 is 24.1 Å². The Morgan fingerprint density at radius 1 is 1.29 bits per heavy atom. The van der Waals surface area contributed by atoms with Gasteiger partial charge in [-0.1, -0.05) is 0 Å². The summed E-state index contributed by atoms with van der Waals surface area (Å²) in [5, 5.41) is 11.1. The van der Waals surface area contributed by atoms with Crippen LogP contribution < -0.4 is 10.1 Å². The van der Waals surface area contributed by atoms with E-state index in [9.17, 15) is 9.59 Å². The van der Waals surface area contributed by atoms with Crippen LogP contribution in [-0.2, 0) is 14.3 Å². The lowest BCUT2D eigenvalue weighted by Gasteiger charge is -2.04. The van der Waals surface area contributed by atoms with Gasteiger partial charge in [0.05, 0.1) is 7.11 Å². The van der Waals surface area contributed by atoms with Crippen molar-refractivity contribution in [2.75, 3.05) is 12.4 Å². The Hall–Kier alpha value is -2.08. The first-order valence-electron chi connectivity index (χ1n) is 4.95. The average molecular weight is 237 g/mol. The van der Waals surface area contributed by atoms with Crippen molar-refractivity contribution in [2.45, 2.75) is 12.2 Å². The van der Waals surface area contributed by atoms with E-state index in [1.807, 2.05) is 0 Å². The minimum atomic E-state index is -1.13. The monoisotopic (exact) mass is 237 g/mol. The number of carbonyl (C=O) groups excluding carboxylic acids is 1. The number of carbonyl (C=O) groups is 2. The van der Waals surface area contributed by atoms with E-state index in [0.29, 0.717) is 11.4 Å². The molecule has 1 aliphatic rings. The lowest BCUT2D eigenvalue weighted by Crippen LogP contribution is -2.22. The predicted molar refractivity (Wildman–Crippen MR) is 57.9 cm³/mol. The summed E-state index contributed by atoms with van der Waals surface area (Å²) in [6, 6.07) is 6.71. The zero-order valence-corrected chi connectivity index (χ0v) is 9.04. The maximum atomic E-state index is 11.5. The Morgan fingerprint density at radius 3 is 2.41 bits per heavy atom. The van der Waals surface area contributed by atoms with Crippen LogP contribution in [0, 0.1) is 0 Å². The van der Waals surface area contributed by atoms with Crippen molar-refractivity contribution in [1.29, 1.82) is 0 Å². The van der Waals surface area contributed by atoms with Gasteiger partial charge in [0, 0.05) is 5.69 Å². The van der Waals surface area contributed by atoms with Gasteiger partial charge in [0.1, 0.15) is 5.75 Å². The quantitative estimate of drug-likeness (QED) is 0.744. The first kappa shape index (κ1) is 11.4. The summed E-state index contributed by atoms with van der Waals surface area (Å²) < 4.78 is 9.69. The number of hydrogen-bond donors (Lipinski definition) is 2. The summed E-state index contributed by atoms with van der Waals surface area (Å²) in [5.41, 5.74) is 0.565. The number of benzene rings is 1. The number of hydrogen-bond acceptors (Lipinski definition) is 4. The molecule has 0 saturated carbocycles. The molecule has 0 bridgehead atoms.